The van der Waals surface area contributed by atoms with Gasteiger partial charge in [-0.25, -0.2) is 0 Å². The van der Waals surface area contributed by atoms with Gasteiger partial charge in [-0.15, -0.1) is 0 Å². The summed E-state index contributed by atoms with van der Waals surface area (Å²) in [6, 6.07) is 27.3. The predicted molar refractivity (Wildman–Crippen MR) is 116 cm³/mol. The molecule has 3 aromatic carbocycles. The quantitative estimate of drug-likeness (QED) is 0.655. The van der Waals surface area contributed by atoms with Gasteiger partial charge in [0.05, 0.1) is 13.2 Å². The number of hydrogen-bond donors (Lipinski definition) is 1. The van der Waals surface area contributed by atoms with E-state index >= 15 is 0 Å². The Hall–Kier alpha value is -2.82. The van der Waals surface area contributed by atoms with E-state index in [2.05, 4.69) is 52.7 Å². The Balaban J connectivity index is 1.66. The number of ether oxygens (including phenoxy) is 2. The molecule has 1 aliphatic heterocycles. The summed E-state index contributed by atoms with van der Waals surface area (Å²) in [5.74, 6) is 1.82. The average Bonchev–Trinajstić information content (AvgIpc) is 2.80. The molecule has 0 saturated carbocycles. The van der Waals surface area contributed by atoms with E-state index in [0.29, 0.717) is 6.61 Å². The highest BCUT2D eigenvalue weighted by atomic mass is 16.5. The fourth-order valence-corrected chi connectivity index (χ4v) is 3.89. The highest BCUT2D eigenvalue weighted by Crippen LogP contribution is 2.36. The van der Waals surface area contributed by atoms with Gasteiger partial charge in [0, 0.05) is 31.7 Å². The molecule has 1 atom stereocenters. The van der Waals surface area contributed by atoms with Crippen LogP contribution in [0.25, 0.3) is 0 Å². The summed E-state index contributed by atoms with van der Waals surface area (Å²) < 4.78 is 11.7. The van der Waals surface area contributed by atoms with E-state index in [1.54, 1.807) is 7.11 Å². The lowest BCUT2D eigenvalue weighted by atomic mass is 9.95. The molecule has 1 unspecified atom stereocenters. The standard InChI is InChI=1S/C25H28N2O2/c1-28-22-13-11-21(12-14-22)25(27-17-15-26-16-18-27)23-9-5-6-10-24(23)29-19-20-7-3-2-4-8-20/h2-14,25-26H,15-19H2,1H3. The number of piperazine rings is 1. The minimum atomic E-state index is 0.148. The number of nitrogens with zero attached hydrogens (tertiary/aromatic N) is 1. The molecular weight excluding hydrogens is 360 g/mol. The summed E-state index contributed by atoms with van der Waals surface area (Å²) in [4.78, 5) is 2.53. The van der Waals surface area contributed by atoms with Gasteiger partial charge in [0.25, 0.3) is 0 Å². The molecule has 0 aliphatic carbocycles. The first-order valence-corrected chi connectivity index (χ1v) is 10.2. The zero-order chi connectivity index (χ0) is 19.9. The maximum Gasteiger partial charge on any atom is 0.124 e. The van der Waals surface area contributed by atoms with Crippen molar-refractivity contribution in [2.45, 2.75) is 12.6 Å². The smallest absolute Gasteiger partial charge is 0.124 e. The molecular formula is C25H28N2O2. The van der Waals surface area contributed by atoms with Crippen LogP contribution in [0.2, 0.25) is 0 Å². The first kappa shape index (κ1) is 19.5. The zero-order valence-corrected chi connectivity index (χ0v) is 16.9. The van der Waals surface area contributed by atoms with Crippen molar-refractivity contribution in [3.63, 3.8) is 0 Å². The molecule has 1 heterocycles. The van der Waals surface area contributed by atoms with Crippen LogP contribution in [-0.4, -0.2) is 38.2 Å². The van der Waals surface area contributed by atoms with Crippen molar-refractivity contribution in [3.8, 4) is 11.5 Å². The highest BCUT2D eigenvalue weighted by molar-refractivity contribution is 5.43. The molecule has 4 rings (SSSR count). The minimum Gasteiger partial charge on any atom is -0.497 e. The summed E-state index contributed by atoms with van der Waals surface area (Å²) in [6.45, 7) is 4.57. The van der Waals surface area contributed by atoms with Gasteiger partial charge in [-0.05, 0) is 29.3 Å². The largest absolute Gasteiger partial charge is 0.497 e. The second-order valence-corrected chi connectivity index (χ2v) is 7.27. The third-order valence-electron chi connectivity index (χ3n) is 5.40. The van der Waals surface area contributed by atoms with Crippen LogP contribution >= 0.6 is 0 Å². The van der Waals surface area contributed by atoms with E-state index in [0.717, 1.165) is 37.7 Å². The summed E-state index contributed by atoms with van der Waals surface area (Å²) in [7, 11) is 1.70. The maximum atomic E-state index is 6.29. The molecule has 3 aromatic rings. The van der Waals surface area contributed by atoms with Gasteiger partial charge < -0.3 is 14.8 Å². The first-order chi connectivity index (χ1) is 14.3. The third-order valence-corrected chi connectivity index (χ3v) is 5.40. The van der Waals surface area contributed by atoms with Gasteiger partial charge in [-0.1, -0.05) is 60.7 Å². The Bertz CT molecular complexity index is 890. The summed E-state index contributed by atoms with van der Waals surface area (Å²) in [5.41, 5.74) is 3.63. The molecule has 0 bridgehead atoms. The third kappa shape index (κ3) is 4.78. The van der Waals surface area contributed by atoms with E-state index in [-0.39, 0.29) is 6.04 Å². The number of para-hydroxylation sites is 1. The van der Waals surface area contributed by atoms with Gasteiger partial charge in [0.1, 0.15) is 18.1 Å². The molecule has 150 valence electrons. The minimum absolute atomic E-state index is 0.148. The number of rotatable bonds is 7. The van der Waals surface area contributed by atoms with Gasteiger partial charge >= 0.3 is 0 Å². The molecule has 1 fully saturated rings. The van der Waals surface area contributed by atoms with E-state index in [4.69, 9.17) is 9.47 Å². The first-order valence-electron chi connectivity index (χ1n) is 10.2. The van der Waals surface area contributed by atoms with Crippen LogP contribution in [0.1, 0.15) is 22.7 Å². The topological polar surface area (TPSA) is 33.7 Å². The Kier molecular flexibility index (Phi) is 6.45. The van der Waals surface area contributed by atoms with Crippen LogP contribution in [0.5, 0.6) is 11.5 Å². The van der Waals surface area contributed by atoms with Gasteiger partial charge in [-0.3, -0.25) is 4.90 Å². The lowest BCUT2D eigenvalue weighted by Crippen LogP contribution is -2.45. The molecule has 0 amide bonds. The van der Waals surface area contributed by atoms with Crippen molar-refractivity contribution in [2.75, 3.05) is 33.3 Å². The SMILES string of the molecule is COc1ccc(C(c2ccccc2OCc2ccccc2)N2CCNCC2)cc1. The zero-order valence-electron chi connectivity index (χ0n) is 16.9. The average molecular weight is 389 g/mol. The van der Waals surface area contributed by atoms with E-state index in [1.807, 2.05) is 36.4 Å². The van der Waals surface area contributed by atoms with E-state index in [9.17, 15) is 0 Å². The fraction of sp³-hybridized carbons (Fsp3) is 0.280. The molecule has 0 aromatic heterocycles. The summed E-state index contributed by atoms with van der Waals surface area (Å²) in [5, 5.41) is 3.46. The molecule has 29 heavy (non-hydrogen) atoms. The van der Waals surface area contributed by atoms with Crippen LogP contribution in [0.15, 0.2) is 78.9 Å². The second kappa shape index (κ2) is 9.59. The van der Waals surface area contributed by atoms with E-state index < -0.39 is 0 Å². The van der Waals surface area contributed by atoms with Crippen molar-refractivity contribution < 1.29 is 9.47 Å². The van der Waals surface area contributed by atoms with E-state index in [1.165, 1.54) is 16.7 Å². The second-order valence-electron chi connectivity index (χ2n) is 7.27. The summed E-state index contributed by atoms with van der Waals surface area (Å²) in [6.07, 6.45) is 0. The molecule has 1 aliphatic rings. The van der Waals surface area contributed by atoms with Gasteiger partial charge in [-0.2, -0.15) is 0 Å². The number of nitrogens with one attached hydrogen (secondary N) is 1. The summed E-state index contributed by atoms with van der Waals surface area (Å²) >= 11 is 0. The van der Waals surface area contributed by atoms with Crippen LogP contribution in [0.4, 0.5) is 0 Å². The normalized spacial score (nSPS) is 15.6. The molecule has 4 nitrogen and oxygen atoms in total. The lowest BCUT2D eigenvalue weighted by molar-refractivity contribution is 0.192. The fourth-order valence-electron chi connectivity index (χ4n) is 3.89. The van der Waals surface area contributed by atoms with Crippen molar-refractivity contribution in [1.29, 1.82) is 0 Å². The van der Waals surface area contributed by atoms with Gasteiger partial charge in [0.15, 0.2) is 0 Å². The Morgan fingerprint density at radius 3 is 2.28 bits per heavy atom. The van der Waals surface area contributed by atoms with Crippen LogP contribution in [-0.2, 0) is 6.61 Å². The number of benzene rings is 3. The van der Waals surface area contributed by atoms with Crippen molar-refractivity contribution in [1.82, 2.24) is 10.2 Å². The maximum absolute atomic E-state index is 6.29. The van der Waals surface area contributed by atoms with Crippen LogP contribution in [0.3, 0.4) is 0 Å². The Morgan fingerprint density at radius 2 is 1.55 bits per heavy atom. The van der Waals surface area contributed by atoms with Crippen LogP contribution in [0, 0.1) is 0 Å². The number of methoxy groups -OCH3 is 1. The monoisotopic (exact) mass is 388 g/mol. The Labute approximate surface area is 173 Å². The predicted octanol–water partition coefficient (Wildman–Crippen LogP) is 4.27. The molecule has 1 N–H and O–H groups in total. The number of hydrogen-bond acceptors (Lipinski definition) is 4. The van der Waals surface area contributed by atoms with Crippen molar-refractivity contribution in [2.24, 2.45) is 0 Å². The molecule has 1 saturated heterocycles. The molecule has 0 radical (unpaired) electrons. The lowest BCUT2D eigenvalue weighted by Gasteiger charge is -2.36. The van der Waals surface area contributed by atoms with Crippen LogP contribution < -0.4 is 14.8 Å². The molecule has 0 spiro atoms. The van der Waals surface area contributed by atoms with Crippen molar-refractivity contribution in [3.05, 3.63) is 95.6 Å². The van der Waals surface area contributed by atoms with Gasteiger partial charge in [0.2, 0.25) is 0 Å². The van der Waals surface area contributed by atoms with Crippen molar-refractivity contribution >= 4 is 0 Å². The molecule has 4 heteroatoms. The highest BCUT2D eigenvalue weighted by Gasteiger charge is 2.26. The Morgan fingerprint density at radius 1 is 0.862 bits per heavy atom.